The minimum absolute atomic E-state index is 0.512. The van der Waals surface area contributed by atoms with Gasteiger partial charge in [-0.05, 0) is 24.3 Å². The van der Waals surface area contributed by atoms with Crippen LogP contribution in [-0.2, 0) is 0 Å². The van der Waals surface area contributed by atoms with Gasteiger partial charge >= 0.3 is 0 Å². The molecule has 102 valence electrons. The van der Waals surface area contributed by atoms with E-state index in [1.165, 1.54) is 0 Å². The average Bonchev–Trinajstić information content (AvgIpc) is 2.53. The van der Waals surface area contributed by atoms with Crippen LogP contribution < -0.4 is 10.1 Å². The second-order valence-electron chi connectivity index (χ2n) is 4.06. The van der Waals surface area contributed by atoms with E-state index in [4.69, 9.17) is 10.3 Å². The maximum atomic E-state index is 7.20. The van der Waals surface area contributed by atoms with Crippen LogP contribution in [0.2, 0.25) is 0 Å². The van der Waals surface area contributed by atoms with E-state index in [0.29, 0.717) is 0 Å². The smallest absolute Gasteiger partial charge is 0.186 e. The predicted molar refractivity (Wildman–Crippen MR) is 79.4 cm³/mol. The molecular formula is C15H16N4O. The number of nitrogens with one attached hydrogen (secondary N) is 2. The van der Waals surface area contributed by atoms with Crippen LogP contribution in [0.4, 0.5) is 5.69 Å². The van der Waals surface area contributed by atoms with Crippen LogP contribution in [-0.4, -0.2) is 13.4 Å². The van der Waals surface area contributed by atoms with Crippen molar-refractivity contribution in [2.75, 3.05) is 12.4 Å². The van der Waals surface area contributed by atoms with Crippen molar-refractivity contribution >= 4 is 12.0 Å². The fraction of sp³-hybridized carbons (Fsp3) is 0.133. The van der Waals surface area contributed by atoms with Crippen molar-refractivity contribution < 1.29 is 4.74 Å². The quantitative estimate of drug-likeness (QED) is 0.474. The first-order chi connectivity index (χ1) is 9.83. The van der Waals surface area contributed by atoms with E-state index >= 15 is 0 Å². The van der Waals surface area contributed by atoms with Crippen molar-refractivity contribution in [3.05, 3.63) is 60.2 Å². The third-order valence-electron chi connectivity index (χ3n) is 2.76. The van der Waals surface area contributed by atoms with Gasteiger partial charge in [0.2, 0.25) is 0 Å². The van der Waals surface area contributed by atoms with E-state index in [1.54, 1.807) is 13.4 Å². The Bertz CT molecular complexity index is 566. The summed E-state index contributed by atoms with van der Waals surface area (Å²) in [5.41, 5.74) is 8.98. The summed E-state index contributed by atoms with van der Waals surface area (Å²) in [6, 6.07) is 17.0. The van der Waals surface area contributed by atoms with E-state index in [0.717, 1.165) is 17.0 Å². The van der Waals surface area contributed by atoms with Gasteiger partial charge in [-0.2, -0.15) is 5.11 Å². The van der Waals surface area contributed by atoms with Crippen LogP contribution >= 0.6 is 0 Å². The molecular weight excluding hydrogens is 252 g/mol. The Morgan fingerprint density at radius 2 is 1.80 bits per heavy atom. The second-order valence-corrected chi connectivity index (χ2v) is 4.06. The van der Waals surface area contributed by atoms with Crippen molar-refractivity contribution in [3.8, 4) is 5.75 Å². The molecule has 0 aromatic heterocycles. The monoisotopic (exact) mass is 268 g/mol. The molecule has 0 bridgehead atoms. The third kappa shape index (κ3) is 3.65. The molecule has 0 saturated heterocycles. The summed E-state index contributed by atoms with van der Waals surface area (Å²) >= 11 is 0. The Labute approximate surface area is 117 Å². The van der Waals surface area contributed by atoms with Crippen LogP contribution in [0.25, 0.3) is 0 Å². The fourth-order valence-corrected chi connectivity index (χ4v) is 1.69. The second kappa shape index (κ2) is 7.04. The molecule has 1 atom stereocenters. The lowest BCUT2D eigenvalue weighted by Gasteiger charge is -2.06. The van der Waals surface area contributed by atoms with Crippen LogP contribution in [0, 0.1) is 5.53 Å². The molecule has 1 unspecified atom stereocenters. The number of aliphatic imine (C=N–C) groups is 1. The summed E-state index contributed by atoms with van der Waals surface area (Å²) in [6.07, 6.45) is 1.04. The Kier molecular flexibility index (Phi) is 4.83. The van der Waals surface area contributed by atoms with Crippen LogP contribution in [0.15, 0.2) is 64.7 Å². The first kappa shape index (κ1) is 13.7. The van der Waals surface area contributed by atoms with Crippen LogP contribution in [0.3, 0.4) is 0 Å². The number of benzene rings is 2. The molecule has 2 N–H and O–H groups in total. The highest BCUT2D eigenvalue weighted by Crippen LogP contribution is 2.18. The summed E-state index contributed by atoms with van der Waals surface area (Å²) in [7, 11) is 1.63. The summed E-state index contributed by atoms with van der Waals surface area (Å²) in [6.45, 7) is 0. The van der Waals surface area contributed by atoms with Gasteiger partial charge in [0.1, 0.15) is 5.75 Å². The van der Waals surface area contributed by atoms with Gasteiger partial charge in [0.25, 0.3) is 0 Å². The fourth-order valence-electron chi connectivity index (χ4n) is 1.69. The molecule has 0 amide bonds. The third-order valence-corrected chi connectivity index (χ3v) is 2.76. The van der Waals surface area contributed by atoms with Gasteiger partial charge in [0.05, 0.1) is 13.4 Å². The van der Waals surface area contributed by atoms with Crippen LogP contribution in [0.1, 0.15) is 11.7 Å². The zero-order valence-corrected chi connectivity index (χ0v) is 11.2. The number of anilines is 1. The van der Waals surface area contributed by atoms with Crippen molar-refractivity contribution in [2.45, 2.75) is 6.17 Å². The zero-order valence-electron chi connectivity index (χ0n) is 11.2. The van der Waals surface area contributed by atoms with E-state index in [1.807, 2.05) is 54.6 Å². The van der Waals surface area contributed by atoms with Gasteiger partial charge in [-0.1, -0.05) is 30.3 Å². The molecule has 5 nitrogen and oxygen atoms in total. The normalized spacial score (nSPS) is 12.1. The molecule has 20 heavy (non-hydrogen) atoms. The minimum atomic E-state index is -0.512. The SMILES string of the molecule is COc1ccc(NC=NC(N=N)c2ccccc2)cc1. The molecule has 0 saturated carbocycles. The van der Waals surface area contributed by atoms with Gasteiger partial charge in [-0.25, -0.2) is 10.5 Å². The van der Waals surface area contributed by atoms with E-state index < -0.39 is 6.17 Å². The number of ether oxygens (including phenoxy) is 1. The number of methoxy groups -OCH3 is 1. The highest BCUT2D eigenvalue weighted by atomic mass is 16.5. The molecule has 2 aromatic carbocycles. The van der Waals surface area contributed by atoms with E-state index in [-0.39, 0.29) is 0 Å². The van der Waals surface area contributed by atoms with E-state index in [9.17, 15) is 0 Å². The lowest BCUT2D eigenvalue weighted by Crippen LogP contribution is -1.98. The molecule has 5 heteroatoms. The van der Waals surface area contributed by atoms with Crippen LogP contribution in [0.5, 0.6) is 5.75 Å². The Balaban J connectivity index is 1.99. The van der Waals surface area contributed by atoms with Gasteiger partial charge in [0.15, 0.2) is 6.17 Å². The van der Waals surface area contributed by atoms with Crippen molar-refractivity contribution in [1.29, 1.82) is 5.53 Å². The first-order valence-electron chi connectivity index (χ1n) is 6.17. The van der Waals surface area contributed by atoms with E-state index in [2.05, 4.69) is 15.4 Å². The minimum Gasteiger partial charge on any atom is -0.497 e. The highest BCUT2D eigenvalue weighted by molar-refractivity contribution is 5.75. The number of nitrogens with zero attached hydrogens (tertiary/aromatic N) is 2. The standard InChI is InChI=1S/C15H16N4O/c1-20-14-9-7-13(8-10-14)17-11-18-15(19-16)12-5-3-2-4-6-12/h2-11,15-16H,1H3,(H,17,18). The molecule has 0 fully saturated rings. The average molecular weight is 268 g/mol. The van der Waals surface area contributed by atoms with Crippen molar-refractivity contribution in [2.24, 2.45) is 10.1 Å². The largest absolute Gasteiger partial charge is 0.497 e. The summed E-state index contributed by atoms with van der Waals surface area (Å²) < 4.78 is 5.09. The maximum absolute atomic E-state index is 7.20. The van der Waals surface area contributed by atoms with Crippen molar-refractivity contribution in [1.82, 2.24) is 0 Å². The Morgan fingerprint density at radius 1 is 1.10 bits per heavy atom. The number of hydrogen-bond acceptors (Lipinski definition) is 4. The molecule has 0 aliphatic heterocycles. The lowest BCUT2D eigenvalue weighted by molar-refractivity contribution is 0.415. The molecule has 0 aliphatic rings. The van der Waals surface area contributed by atoms with Crippen molar-refractivity contribution in [3.63, 3.8) is 0 Å². The number of rotatable bonds is 6. The zero-order chi connectivity index (χ0) is 14.2. The first-order valence-corrected chi connectivity index (χ1v) is 6.17. The maximum Gasteiger partial charge on any atom is 0.186 e. The van der Waals surface area contributed by atoms with Gasteiger partial charge in [0, 0.05) is 11.3 Å². The molecule has 2 aromatic rings. The molecule has 0 aliphatic carbocycles. The highest BCUT2D eigenvalue weighted by Gasteiger charge is 2.05. The van der Waals surface area contributed by atoms with Gasteiger partial charge in [-0.15, -0.1) is 0 Å². The Hall–Kier alpha value is -2.69. The molecule has 0 radical (unpaired) electrons. The lowest BCUT2D eigenvalue weighted by atomic mass is 10.2. The molecule has 2 rings (SSSR count). The topological polar surface area (TPSA) is 69.8 Å². The summed E-state index contributed by atoms with van der Waals surface area (Å²) in [4.78, 5) is 4.23. The molecule has 0 heterocycles. The predicted octanol–water partition coefficient (Wildman–Crippen LogP) is 3.87. The van der Waals surface area contributed by atoms with Gasteiger partial charge < -0.3 is 10.1 Å². The Morgan fingerprint density at radius 3 is 2.40 bits per heavy atom. The number of hydrogen-bond donors (Lipinski definition) is 2. The summed E-state index contributed by atoms with van der Waals surface area (Å²) in [5.74, 6) is 0.802. The molecule has 0 spiro atoms. The van der Waals surface area contributed by atoms with Gasteiger partial charge in [-0.3, -0.25) is 0 Å². The summed E-state index contributed by atoms with van der Waals surface area (Å²) in [5, 5.41) is 6.55.